The number of amides is 1. The van der Waals surface area contributed by atoms with Gasteiger partial charge in [0, 0.05) is 25.2 Å². The first-order valence-corrected chi connectivity index (χ1v) is 7.77. The Balaban J connectivity index is 1.65. The number of nitrogens with one attached hydrogen (secondary N) is 1. The van der Waals surface area contributed by atoms with Crippen molar-refractivity contribution in [1.82, 2.24) is 9.78 Å². The maximum Gasteiger partial charge on any atom is 0.228 e. The largest absolute Gasteiger partial charge is 0.381 e. The van der Waals surface area contributed by atoms with Gasteiger partial charge in [0.1, 0.15) is 5.82 Å². The van der Waals surface area contributed by atoms with E-state index in [0.717, 1.165) is 18.7 Å². The minimum Gasteiger partial charge on any atom is -0.381 e. The maximum atomic E-state index is 12.3. The lowest BCUT2D eigenvalue weighted by atomic mass is 9.95. The molecule has 20 heavy (non-hydrogen) atoms. The molecule has 2 heterocycles. The van der Waals surface area contributed by atoms with E-state index in [-0.39, 0.29) is 11.8 Å². The standard InChI is InChI=1S/C15H23N3O2/c19-15(12-7-10-20-11-8-12)17-14-6-9-16-18(14)13-4-2-1-3-5-13/h6,9,12-13H,1-5,7-8,10-11H2,(H,17,19). The fraction of sp³-hybridized carbons (Fsp3) is 0.733. The number of nitrogens with zero attached hydrogens (tertiary/aromatic N) is 2. The molecule has 0 radical (unpaired) electrons. The first kappa shape index (κ1) is 13.6. The van der Waals surface area contributed by atoms with E-state index >= 15 is 0 Å². The van der Waals surface area contributed by atoms with Crippen LogP contribution in [0.25, 0.3) is 0 Å². The molecule has 2 fully saturated rings. The lowest BCUT2D eigenvalue weighted by molar-refractivity contribution is -0.122. The van der Waals surface area contributed by atoms with Crippen LogP contribution in [-0.4, -0.2) is 28.9 Å². The lowest BCUT2D eigenvalue weighted by Crippen LogP contribution is -2.30. The summed E-state index contributed by atoms with van der Waals surface area (Å²) >= 11 is 0. The van der Waals surface area contributed by atoms with Crippen LogP contribution in [0.4, 0.5) is 5.82 Å². The minimum absolute atomic E-state index is 0.0819. The van der Waals surface area contributed by atoms with E-state index < -0.39 is 0 Å². The van der Waals surface area contributed by atoms with Crippen molar-refractivity contribution in [2.75, 3.05) is 18.5 Å². The lowest BCUT2D eigenvalue weighted by Gasteiger charge is -2.25. The Hall–Kier alpha value is -1.36. The zero-order valence-corrected chi connectivity index (χ0v) is 11.9. The summed E-state index contributed by atoms with van der Waals surface area (Å²) in [7, 11) is 0. The molecule has 1 saturated heterocycles. The quantitative estimate of drug-likeness (QED) is 0.924. The Labute approximate surface area is 119 Å². The van der Waals surface area contributed by atoms with Gasteiger partial charge in [-0.05, 0) is 25.7 Å². The molecule has 2 aliphatic rings. The summed E-state index contributed by atoms with van der Waals surface area (Å²) in [4.78, 5) is 12.3. The van der Waals surface area contributed by atoms with Crippen LogP contribution < -0.4 is 5.32 Å². The number of carbonyl (C=O) groups excluding carboxylic acids is 1. The summed E-state index contributed by atoms with van der Waals surface area (Å²) in [5.41, 5.74) is 0. The van der Waals surface area contributed by atoms with E-state index in [4.69, 9.17) is 4.74 Å². The molecular weight excluding hydrogens is 254 g/mol. The highest BCUT2D eigenvalue weighted by Crippen LogP contribution is 2.30. The second-order valence-corrected chi connectivity index (χ2v) is 5.83. The van der Waals surface area contributed by atoms with Crippen molar-refractivity contribution in [3.8, 4) is 0 Å². The van der Waals surface area contributed by atoms with Crippen molar-refractivity contribution in [3.05, 3.63) is 12.3 Å². The van der Waals surface area contributed by atoms with Gasteiger partial charge in [0.25, 0.3) is 0 Å². The zero-order valence-electron chi connectivity index (χ0n) is 11.9. The molecule has 3 rings (SSSR count). The number of rotatable bonds is 3. The van der Waals surface area contributed by atoms with Crippen molar-refractivity contribution in [2.45, 2.75) is 51.0 Å². The Morgan fingerprint density at radius 3 is 2.70 bits per heavy atom. The number of ether oxygens (including phenoxy) is 1. The number of hydrogen-bond donors (Lipinski definition) is 1. The van der Waals surface area contributed by atoms with Gasteiger partial charge in [0.05, 0.1) is 12.2 Å². The molecule has 5 nitrogen and oxygen atoms in total. The number of carbonyl (C=O) groups is 1. The van der Waals surface area contributed by atoms with Gasteiger partial charge in [-0.2, -0.15) is 5.10 Å². The fourth-order valence-electron chi connectivity index (χ4n) is 3.22. The van der Waals surface area contributed by atoms with Crippen LogP contribution in [0, 0.1) is 5.92 Å². The summed E-state index contributed by atoms with van der Waals surface area (Å²) in [5, 5.41) is 7.48. The number of aromatic nitrogens is 2. The fourth-order valence-corrected chi connectivity index (χ4v) is 3.22. The maximum absolute atomic E-state index is 12.3. The molecule has 110 valence electrons. The first-order chi connectivity index (χ1) is 9.84. The third-order valence-electron chi connectivity index (χ3n) is 4.43. The van der Waals surface area contributed by atoms with Crippen molar-refractivity contribution >= 4 is 11.7 Å². The van der Waals surface area contributed by atoms with Gasteiger partial charge in [-0.3, -0.25) is 4.79 Å². The van der Waals surface area contributed by atoms with E-state index in [1.165, 1.54) is 32.1 Å². The zero-order chi connectivity index (χ0) is 13.8. The highest BCUT2D eigenvalue weighted by molar-refractivity contribution is 5.91. The Morgan fingerprint density at radius 1 is 1.20 bits per heavy atom. The van der Waals surface area contributed by atoms with Crippen LogP contribution in [0.15, 0.2) is 12.3 Å². The molecule has 1 aromatic heterocycles. The van der Waals surface area contributed by atoms with Crippen molar-refractivity contribution in [2.24, 2.45) is 5.92 Å². The topological polar surface area (TPSA) is 56.2 Å². The second-order valence-electron chi connectivity index (χ2n) is 5.83. The molecule has 5 heteroatoms. The molecule has 0 bridgehead atoms. The molecule has 1 amide bonds. The molecule has 1 N–H and O–H groups in total. The molecule has 1 aliphatic heterocycles. The summed E-state index contributed by atoms with van der Waals surface area (Å²) in [6.45, 7) is 1.39. The molecular formula is C15H23N3O2. The van der Waals surface area contributed by atoms with E-state index in [9.17, 15) is 4.79 Å². The molecule has 0 aromatic carbocycles. The smallest absolute Gasteiger partial charge is 0.228 e. The molecule has 1 aliphatic carbocycles. The number of hydrogen-bond acceptors (Lipinski definition) is 3. The van der Waals surface area contributed by atoms with Crippen LogP contribution in [0.2, 0.25) is 0 Å². The van der Waals surface area contributed by atoms with Crippen LogP contribution in [0.1, 0.15) is 51.0 Å². The number of anilines is 1. The molecule has 1 aromatic rings. The normalized spacial score (nSPS) is 21.8. The van der Waals surface area contributed by atoms with E-state index in [1.54, 1.807) is 6.20 Å². The van der Waals surface area contributed by atoms with E-state index in [1.807, 2.05) is 10.7 Å². The Bertz CT molecular complexity index is 446. The van der Waals surface area contributed by atoms with Gasteiger partial charge in [0.2, 0.25) is 5.91 Å². The van der Waals surface area contributed by atoms with Crippen molar-refractivity contribution in [3.63, 3.8) is 0 Å². The predicted molar refractivity (Wildman–Crippen MR) is 76.5 cm³/mol. The Morgan fingerprint density at radius 2 is 1.95 bits per heavy atom. The van der Waals surface area contributed by atoms with Gasteiger partial charge in [0.15, 0.2) is 0 Å². The molecule has 0 atom stereocenters. The van der Waals surface area contributed by atoms with E-state index in [0.29, 0.717) is 19.3 Å². The van der Waals surface area contributed by atoms with Crippen LogP contribution in [-0.2, 0) is 9.53 Å². The van der Waals surface area contributed by atoms with Gasteiger partial charge in [-0.25, -0.2) is 4.68 Å². The monoisotopic (exact) mass is 277 g/mol. The van der Waals surface area contributed by atoms with E-state index in [2.05, 4.69) is 10.4 Å². The van der Waals surface area contributed by atoms with Gasteiger partial charge >= 0.3 is 0 Å². The summed E-state index contributed by atoms with van der Waals surface area (Å²) in [5.74, 6) is 1.05. The summed E-state index contributed by atoms with van der Waals surface area (Å²) < 4.78 is 7.32. The summed E-state index contributed by atoms with van der Waals surface area (Å²) in [6, 6.07) is 2.36. The second kappa shape index (κ2) is 6.39. The van der Waals surface area contributed by atoms with Gasteiger partial charge in [-0.1, -0.05) is 19.3 Å². The SMILES string of the molecule is O=C(Nc1ccnn1C1CCCCC1)C1CCOCC1. The van der Waals surface area contributed by atoms with Gasteiger partial charge < -0.3 is 10.1 Å². The van der Waals surface area contributed by atoms with Crippen LogP contribution in [0.5, 0.6) is 0 Å². The highest BCUT2D eigenvalue weighted by Gasteiger charge is 2.24. The predicted octanol–water partition coefficient (Wildman–Crippen LogP) is 2.75. The Kier molecular flexibility index (Phi) is 4.35. The molecule has 0 unspecified atom stereocenters. The third-order valence-corrected chi connectivity index (χ3v) is 4.43. The molecule has 0 spiro atoms. The minimum atomic E-state index is 0.0819. The van der Waals surface area contributed by atoms with Crippen molar-refractivity contribution in [1.29, 1.82) is 0 Å². The average molecular weight is 277 g/mol. The summed E-state index contributed by atoms with van der Waals surface area (Å²) in [6.07, 6.45) is 9.61. The average Bonchev–Trinajstić information content (AvgIpc) is 2.97. The highest BCUT2D eigenvalue weighted by atomic mass is 16.5. The van der Waals surface area contributed by atoms with Gasteiger partial charge in [-0.15, -0.1) is 0 Å². The van der Waals surface area contributed by atoms with Crippen molar-refractivity contribution < 1.29 is 9.53 Å². The third kappa shape index (κ3) is 3.03. The molecule has 1 saturated carbocycles. The van der Waals surface area contributed by atoms with Crippen LogP contribution >= 0.6 is 0 Å². The first-order valence-electron chi connectivity index (χ1n) is 7.77. The van der Waals surface area contributed by atoms with Crippen LogP contribution in [0.3, 0.4) is 0 Å².